The Kier molecular flexibility index (Phi) is 16.7. The number of rotatable bonds is 5. The minimum Gasteiger partial charge on any atom is -0.548 e. The van der Waals surface area contributed by atoms with Gasteiger partial charge in [-0.15, -0.1) is 0 Å². The first-order valence-electron chi connectivity index (χ1n) is 10.4. The number of imide groups is 1. The predicted octanol–water partition coefficient (Wildman–Crippen LogP) is -0.691. The number of aliphatic carboxylic acids is 2. The SMILES string of the molecule is C[C@@H](C(=O)[O-])N1C(=O)c2ccccc2C1=O.Cc1ccc(S(=O)(=O)N2CCC[C@H]2C(=O)[O-])cc1.[Rh].[Rh].[Rh].[Rh]. The summed E-state index contributed by atoms with van der Waals surface area (Å²) in [5.74, 6) is -3.95. The standard InChI is InChI=1S/C12H15NO4S.C11H9NO4.4Rh/c1-9-4-6-10(7-5-9)18(16,17)13-8-2-3-11(13)12(14)15;1-6(11(15)16)12-9(13)7-4-2-3-5-8(7)10(12)14;;;;/h4-7,11H,2-3,8H2,1H3,(H,14,15);2-6H,1H3,(H,15,16);;;;/p-2/t11-;6-;;;;/m00..../s1. The summed E-state index contributed by atoms with van der Waals surface area (Å²) in [6, 6.07) is 10.3. The zero-order valence-corrected chi connectivity index (χ0v) is 27.2. The first-order valence-corrected chi connectivity index (χ1v) is 11.9. The van der Waals surface area contributed by atoms with Gasteiger partial charge in [0.2, 0.25) is 10.0 Å². The number of fused-ring (bicyclic) bond motifs is 1. The van der Waals surface area contributed by atoms with Crippen molar-refractivity contribution in [2.45, 2.75) is 43.7 Å². The van der Waals surface area contributed by atoms with Gasteiger partial charge in [0.05, 0.1) is 40.0 Å². The Morgan fingerprint density at radius 2 is 1.37 bits per heavy atom. The maximum atomic E-state index is 12.3. The molecule has 0 unspecified atom stereocenters. The third kappa shape index (κ3) is 8.22. The fourth-order valence-electron chi connectivity index (χ4n) is 3.77. The van der Waals surface area contributed by atoms with Crippen molar-refractivity contribution in [1.29, 1.82) is 0 Å². The van der Waals surface area contributed by atoms with Crippen LogP contribution >= 0.6 is 0 Å². The molecule has 15 heteroatoms. The molecule has 0 N–H and O–H groups in total. The number of aryl methyl sites for hydroxylation is 1. The summed E-state index contributed by atoms with van der Waals surface area (Å²) in [4.78, 5) is 46.0. The van der Waals surface area contributed by atoms with Crippen molar-refractivity contribution in [2.75, 3.05) is 6.54 Å². The van der Waals surface area contributed by atoms with Gasteiger partial charge >= 0.3 is 0 Å². The number of hydrogen-bond donors (Lipinski definition) is 0. The van der Waals surface area contributed by atoms with Crippen LogP contribution in [0.5, 0.6) is 0 Å². The van der Waals surface area contributed by atoms with Crippen LogP contribution in [-0.2, 0) is 97.5 Å². The molecule has 2 atom stereocenters. The number of amides is 2. The van der Waals surface area contributed by atoms with E-state index in [0.29, 0.717) is 17.7 Å². The van der Waals surface area contributed by atoms with Crippen molar-refractivity contribution in [3.63, 3.8) is 0 Å². The van der Waals surface area contributed by atoms with Gasteiger partial charge in [0.1, 0.15) is 0 Å². The molecule has 1 saturated heterocycles. The van der Waals surface area contributed by atoms with Gasteiger partial charge in [0.15, 0.2) is 0 Å². The van der Waals surface area contributed by atoms with Gasteiger partial charge in [0.25, 0.3) is 11.8 Å². The number of carboxylic acid groups (broad SMARTS) is 2. The summed E-state index contributed by atoms with van der Waals surface area (Å²) in [7, 11) is -3.74. The summed E-state index contributed by atoms with van der Waals surface area (Å²) in [6.45, 7) is 3.34. The minimum atomic E-state index is -3.74. The van der Waals surface area contributed by atoms with E-state index >= 15 is 0 Å². The number of hydrogen-bond acceptors (Lipinski definition) is 8. The maximum Gasteiger partial charge on any atom is 0.262 e. The van der Waals surface area contributed by atoms with Gasteiger partial charge < -0.3 is 19.8 Å². The number of carbonyl (C=O) groups excluding carboxylic acids is 4. The Balaban J connectivity index is 0. The van der Waals surface area contributed by atoms with Crippen LogP contribution in [0.25, 0.3) is 0 Å². The minimum absolute atomic E-state index is 0. The Bertz CT molecular complexity index is 1220. The van der Waals surface area contributed by atoms with E-state index in [1.807, 2.05) is 6.92 Å². The molecular formula is C23H22N2O8Rh4S-2. The molecule has 216 valence electrons. The zero-order valence-electron chi connectivity index (χ0n) is 19.8. The molecule has 10 nitrogen and oxygen atoms in total. The van der Waals surface area contributed by atoms with Crippen LogP contribution in [0, 0.1) is 6.92 Å². The van der Waals surface area contributed by atoms with Gasteiger partial charge in [-0.25, -0.2) is 8.42 Å². The third-order valence-corrected chi connectivity index (χ3v) is 7.58. The monoisotopic (exact) mass is 898 g/mol. The number of sulfonamides is 1. The molecule has 2 aromatic carbocycles. The van der Waals surface area contributed by atoms with Gasteiger partial charge in [-0.1, -0.05) is 29.8 Å². The number of carboxylic acids is 2. The van der Waals surface area contributed by atoms with E-state index in [9.17, 15) is 37.8 Å². The Hall–Kier alpha value is -1.08. The number of benzene rings is 2. The van der Waals surface area contributed by atoms with Crippen LogP contribution in [-0.4, -0.2) is 60.0 Å². The molecule has 2 aromatic rings. The molecule has 4 rings (SSSR count). The zero-order chi connectivity index (χ0) is 25.2. The molecule has 0 saturated carbocycles. The van der Waals surface area contributed by atoms with Crippen molar-refractivity contribution in [1.82, 2.24) is 9.21 Å². The van der Waals surface area contributed by atoms with E-state index in [1.165, 1.54) is 31.2 Å². The summed E-state index contributed by atoms with van der Waals surface area (Å²) in [6.07, 6.45) is 0.858. The van der Waals surface area contributed by atoms with Crippen molar-refractivity contribution < 1.29 is 116 Å². The molecule has 2 heterocycles. The molecule has 2 amide bonds. The fraction of sp³-hybridized carbons (Fsp3) is 0.304. The van der Waals surface area contributed by atoms with Gasteiger partial charge in [-0.05, 0) is 51.0 Å². The van der Waals surface area contributed by atoms with E-state index in [1.54, 1.807) is 24.3 Å². The van der Waals surface area contributed by atoms with Gasteiger partial charge in [-0.3, -0.25) is 14.5 Å². The molecule has 0 spiro atoms. The second-order valence-corrected chi connectivity index (χ2v) is 9.82. The van der Waals surface area contributed by atoms with E-state index in [2.05, 4.69) is 0 Å². The molecule has 0 bridgehead atoms. The Labute approximate surface area is 272 Å². The number of nitrogens with zero attached hydrogens (tertiary/aromatic N) is 2. The molecular weight excluding hydrogens is 876 g/mol. The Morgan fingerprint density at radius 3 is 1.79 bits per heavy atom. The van der Waals surface area contributed by atoms with Crippen molar-refractivity contribution in [3.8, 4) is 0 Å². The molecule has 0 aromatic heterocycles. The molecule has 1 fully saturated rings. The van der Waals surface area contributed by atoms with E-state index in [4.69, 9.17) is 0 Å². The predicted molar refractivity (Wildman–Crippen MR) is 115 cm³/mol. The van der Waals surface area contributed by atoms with Crippen LogP contribution in [0.4, 0.5) is 0 Å². The maximum absolute atomic E-state index is 12.3. The van der Waals surface area contributed by atoms with Crippen LogP contribution < -0.4 is 10.2 Å². The summed E-state index contributed by atoms with van der Waals surface area (Å²) in [5.41, 5.74) is 1.42. The van der Waals surface area contributed by atoms with E-state index in [-0.39, 0.29) is 100 Å². The molecule has 4 radical (unpaired) electrons. The largest absolute Gasteiger partial charge is 0.548 e. The third-order valence-electron chi connectivity index (χ3n) is 5.66. The van der Waals surface area contributed by atoms with Gasteiger partial charge in [-0.2, -0.15) is 4.31 Å². The summed E-state index contributed by atoms with van der Waals surface area (Å²) >= 11 is 0. The molecule has 2 aliphatic heterocycles. The molecule has 38 heavy (non-hydrogen) atoms. The normalized spacial score (nSPS) is 16.8. The van der Waals surface area contributed by atoms with Crippen LogP contribution in [0.15, 0.2) is 53.4 Å². The van der Waals surface area contributed by atoms with Crippen LogP contribution in [0.1, 0.15) is 46.0 Å². The molecule has 2 aliphatic rings. The topological polar surface area (TPSA) is 155 Å². The summed E-state index contributed by atoms with van der Waals surface area (Å²) in [5, 5.41) is 21.6. The second kappa shape index (κ2) is 16.3. The van der Waals surface area contributed by atoms with E-state index in [0.717, 1.165) is 9.87 Å². The fourth-order valence-corrected chi connectivity index (χ4v) is 5.42. The van der Waals surface area contributed by atoms with Crippen molar-refractivity contribution >= 4 is 33.8 Å². The average Bonchev–Trinajstić information content (AvgIpc) is 3.39. The van der Waals surface area contributed by atoms with Crippen LogP contribution in [0.2, 0.25) is 0 Å². The quantitative estimate of drug-likeness (QED) is 0.283. The summed E-state index contributed by atoms with van der Waals surface area (Å²) < 4.78 is 25.6. The van der Waals surface area contributed by atoms with Gasteiger partial charge in [0, 0.05) is 84.5 Å². The molecule has 0 aliphatic carbocycles. The first kappa shape index (κ1) is 39.1. The Morgan fingerprint density at radius 1 is 0.895 bits per heavy atom. The number of carbonyl (C=O) groups is 4. The van der Waals surface area contributed by atoms with Crippen molar-refractivity contribution in [3.05, 3.63) is 65.2 Å². The second-order valence-electron chi connectivity index (χ2n) is 7.93. The first-order chi connectivity index (χ1) is 16.0. The van der Waals surface area contributed by atoms with Crippen molar-refractivity contribution in [2.24, 2.45) is 0 Å². The smallest absolute Gasteiger partial charge is 0.262 e. The van der Waals surface area contributed by atoms with Crippen LogP contribution in [0.3, 0.4) is 0 Å². The van der Waals surface area contributed by atoms with E-state index < -0.39 is 45.9 Å². The average molecular weight is 898 g/mol.